The first-order valence-corrected chi connectivity index (χ1v) is 7.81. The fourth-order valence-corrected chi connectivity index (χ4v) is 2.64. The summed E-state index contributed by atoms with van der Waals surface area (Å²) in [5.41, 5.74) is 0.573. The summed E-state index contributed by atoms with van der Waals surface area (Å²) in [7, 11) is 2.27. The Morgan fingerprint density at radius 3 is 2.32 bits per heavy atom. The lowest BCUT2D eigenvalue weighted by atomic mass is 9.78. The number of nitrogens with one attached hydrogen (secondary N) is 1. The highest BCUT2D eigenvalue weighted by Crippen LogP contribution is 2.32. The molecule has 0 aromatic carbocycles. The van der Waals surface area contributed by atoms with Gasteiger partial charge in [-0.25, -0.2) is 0 Å². The highest BCUT2D eigenvalue weighted by atomic mass is 16.5. The SMILES string of the molecule is CCC(C)N(C)CC1(CNC(C)(C)C)CCOCC1. The number of hydrogen-bond acceptors (Lipinski definition) is 3. The van der Waals surface area contributed by atoms with E-state index in [-0.39, 0.29) is 5.54 Å². The van der Waals surface area contributed by atoms with Gasteiger partial charge >= 0.3 is 0 Å². The Labute approximate surface area is 120 Å². The predicted molar refractivity (Wildman–Crippen MR) is 82.6 cm³/mol. The molecule has 0 saturated carbocycles. The second-order valence-corrected chi connectivity index (χ2v) is 7.39. The van der Waals surface area contributed by atoms with Crippen LogP contribution in [0.3, 0.4) is 0 Å². The summed E-state index contributed by atoms with van der Waals surface area (Å²) >= 11 is 0. The molecule has 1 atom stereocenters. The summed E-state index contributed by atoms with van der Waals surface area (Å²) in [6, 6.07) is 0.661. The topological polar surface area (TPSA) is 24.5 Å². The van der Waals surface area contributed by atoms with Crippen molar-refractivity contribution in [3.05, 3.63) is 0 Å². The van der Waals surface area contributed by atoms with Crippen LogP contribution in [0, 0.1) is 5.41 Å². The third-order valence-corrected chi connectivity index (χ3v) is 4.48. The van der Waals surface area contributed by atoms with Gasteiger partial charge in [-0.3, -0.25) is 0 Å². The van der Waals surface area contributed by atoms with E-state index < -0.39 is 0 Å². The summed E-state index contributed by atoms with van der Waals surface area (Å²) in [4.78, 5) is 2.52. The van der Waals surface area contributed by atoms with Crippen molar-refractivity contribution < 1.29 is 4.74 Å². The quantitative estimate of drug-likeness (QED) is 0.803. The van der Waals surface area contributed by atoms with E-state index in [1.165, 1.54) is 25.8 Å². The highest BCUT2D eigenvalue weighted by Gasteiger charge is 2.35. The van der Waals surface area contributed by atoms with E-state index in [0.29, 0.717) is 11.5 Å². The molecule has 0 radical (unpaired) electrons. The molecule has 19 heavy (non-hydrogen) atoms. The van der Waals surface area contributed by atoms with Gasteiger partial charge in [0.1, 0.15) is 0 Å². The van der Waals surface area contributed by atoms with Crippen LogP contribution < -0.4 is 5.32 Å². The Balaban J connectivity index is 2.64. The van der Waals surface area contributed by atoms with Crippen LogP contribution >= 0.6 is 0 Å². The summed E-state index contributed by atoms with van der Waals surface area (Å²) in [5.74, 6) is 0. The lowest BCUT2D eigenvalue weighted by Gasteiger charge is -2.43. The molecule has 0 aliphatic carbocycles. The summed E-state index contributed by atoms with van der Waals surface area (Å²) < 4.78 is 5.58. The van der Waals surface area contributed by atoms with E-state index in [0.717, 1.165) is 19.8 Å². The van der Waals surface area contributed by atoms with E-state index in [2.05, 4.69) is 51.9 Å². The average molecular weight is 270 g/mol. The number of ether oxygens (including phenoxy) is 1. The fraction of sp³-hybridized carbons (Fsp3) is 1.00. The van der Waals surface area contributed by atoms with Crippen LogP contribution in [0.1, 0.15) is 53.9 Å². The molecular weight excluding hydrogens is 236 g/mol. The van der Waals surface area contributed by atoms with Gasteiger partial charge in [0.25, 0.3) is 0 Å². The van der Waals surface area contributed by atoms with Crippen molar-refractivity contribution in [3.63, 3.8) is 0 Å². The molecule has 0 bridgehead atoms. The third-order valence-electron chi connectivity index (χ3n) is 4.48. The van der Waals surface area contributed by atoms with Gasteiger partial charge in [0.05, 0.1) is 0 Å². The minimum absolute atomic E-state index is 0.195. The van der Waals surface area contributed by atoms with Crippen LogP contribution in [0.4, 0.5) is 0 Å². The van der Waals surface area contributed by atoms with Gasteiger partial charge in [-0.2, -0.15) is 0 Å². The smallest absolute Gasteiger partial charge is 0.0472 e. The van der Waals surface area contributed by atoms with Gasteiger partial charge in [0.2, 0.25) is 0 Å². The normalized spacial score (nSPS) is 21.6. The molecule has 1 rings (SSSR count). The van der Waals surface area contributed by atoms with Crippen LogP contribution in [0.15, 0.2) is 0 Å². The third kappa shape index (κ3) is 5.80. The first-order valence-electron chi connectivity index (χ1n) is 7.81. The van der Waals surface area contributed by atoms with E-state index in [1.54, 1.807) is 0 Å². The minimum Gasteiger partial charge on any atom is -0.381 e. The number of hydrogen-bond donors (Lipinski definition) is 1. The predicted octanol–water partition coefficient (Wildman–Crippen LogP) is 2.90. The fourth-order valence-electron chi connectivity index (χ4n) is 2.64. The maximum Gasteiger partial charge on any atom is 0.0472 e. The van der Waals surface area contributed by atoms with Crippen LogP contribution in [0.25, 0.3) is 0 Å². The number of nitrogens with zero attached hydrogens (tertiary/aromatic N) is 1. The van der Waals surface area contributed by atoms with Crippen LogP contribution in [-0.4, -0.2) is 49.8 Å². The van der Waals surface area contributed by atoms with E-state index in [1.807, 2.05) is 0 Å². The summed E-state index contributed by atoms with van der Waals surface area (Å²) in [6.07, 6.45) is 3.57. The lowest BCUT2D eigenvalue weighted by Crippen LogP contribution is -2.51. The molecule has 3 nitrogen and oxygen atoms in total. The molecule has 1 unspecified atom stereocenters. The van der Waals surface area contributed by atoms with Gasteiger partial charge in [0, 0.05) is 37.9 Å². The zero-order valence-corrected chi connectivity index (χ0v) is 13.9. The molecule has 0 aromatic rings. The van der Waals surface area contributed by atoms with Gasteiger partial charge in [0.15, 0.2) is 0 Å². The lowest BCUT2D eigenvalue weighted by molar-refractivity contribution is -0.00850. The Bertz CT molecular complexity index is 254. The Kier molecular flexibility index (Phi) is 6.28. The zero-order valence-electron chi connectivity index (χ0n) is 13.9. The van der Waals surface area contributed by atoms with Crippen molar-refractivity contribution in [1.82, 2.24) is 10.2 Å². The molecule has 0 aromatic heterocycles. The van der Waals surface area contributed by atoms with Crippen LogP contribution in [0.5, 0.6) is 0 Å². The van der Waals surface area contributed by atoms with Gasteiger partial charge in [-0.1, -0.05) is 6.92 Å². The average Bonchev–Trinajstić information content (AvgIpc) is 2.36. The highest BCUT2D eigenvalue weighted by molar-refractivity contribution is 4.89. The Hall–Kier alpha value is -0.120. The van der Waals surface area contributed by atoms with Crippen molar-refractivity contribution in [2.45, 2.75) is 65.5 Å². The van der Waals surface area contributed by atoms with Gasteiger partial charge in [-0.15, -0.1) is 0 Å². The Morgan fingerprint density at radius 1 is 1.26 bits per heavy atom. The molecule has 1 fully saturated rings. The molecule has 3 heteroatoms. The van der Waals surface area contributed by atoms with Crippen molar-refractivity contribution in [1.29, 1.82) is 0 Å². The minimum atomic E-state index is 0.195. The monoisotopic (exact) mass is 270 g/mol. The van der Waals surface area contributed by atoms with E-state index in [4.69, 9.17) is 4.74 Å². The second kappa shape index (κ2) is 7.05. The zero-order chi connectivity index (χ0) is 14.5. The molecule has 1 saturated heterocycles. The molecule has 1 heterocycles. The van der Waals surface area contributed by atoms with E-state index in [9.17, 15) is 0 Å². The first kappa shape index (κ1) is 16.9. The molecule has 0 spiro atoms. The van der Waals surface area contributed by atoms with Gasteiger partial charge < -0.3 is 15.0 Å². The summed E-state index contributed by atoms with van der Waals surface area (Å²) in [5, 5.41) is 3.71. The molecule has 0 amide bonds. The maximum absolute atomic E-state index is 5.58. The first-order chi connectivity index (χ1) is 8.78. The van der Waals surface area contributed by atoms with Crippen molar-refractivity contribution in [2.75, 3.05) is 33.4 Å². The molecule has 1 aliphatic rings. The molecule has 1 aliphatic heterocycles. The van der Waals surface area contributed by atoms with Crippen molar-refractivity contribution in [3.8, 4) is 0 Å². The van der Waals surface area contributed by atoms with Crippen molar-refractivity contribution in [2.24, 2.45) is 5.41 Å². The number of rotatable bonds is 6. The van der Waals surface area contributed by atoms with Gasteiger partial charge in [-0.05, 0) is 59.4 Å². The molecular formula is C16H34N2O. The largest absolute Gasteiger partial charge is 0.381 e. The second-order valence-electron chi connectivity index (χ2n) is 7.39. The molecule has 114 valence electrons. The van der Waals surface area contributed by atoms with Crippen LogP contribution in [-0.2, 0) is 4.74 Å². The summed E-state index contributed by atoms with van der Waals surface area (Å²) in [6.45, 7) is 15.4. The van der Waals surface area contributed by atoms with Crippen LogP contribution in [0.2, 0.25) is 0 Å². The standard InChI is InChI=1S/C16H34N2O/c1-7-14(2)18(6)13-16(8-10-19-11-9-16)12-17-15(3,4)5/h14,17H,7-13H2,1-6H3. The van der Waals surface area contributed by atoms with E-state index >= 15 is 0 Å². The molecule has 1 N–H and O–H groups in total. The van der Waals surface area contributed by atoms with Crippen molar-refractivity contribution >= 4 is 0 Å². The maximum atomic E-state index is 5.58. The Morgan fingerprint density at radius 2 is 1.84 bits per heavy atom.